The van der Waals surface area contributed by atoms with Gasteiger partial charge in [-0.15, -0.1) is 0 Å². The van der Waals surface area contributed by atoms with Gasteiger partial charge in [0.25, 0.3) is 0 Å². The van der Waals surface area contributed by atoms with Crippen LogP contribution < -0.4 is 4.90 Å². The smallest absolute Gasteiger partial charge is 0.159 e. The molecule has 6 aromatic rings. The van der Waals surface area contributed by atoms with Crippen LogP contribution in [0.15, 0.2) is 79.3 Å². The average Bonchev–Trinajstić information content (AvgIpc) is 3.61. The minimum absolute atomic E-state index is 0.754. The number of imidazole rings is 1. The first-order chi connectivity index (χ1) is 19.2. The number of fused-ring (bicyclic) bond motifs is 2. The summed E-state index contributed by atoms with van der Waals surface area (Å²) < 4.78 is 0. The summed E-state index contributed by atoms with van der Waals surface area (Å²) in [4.78, 5) is 22.6. The molecule has 7 rings (SSSR count). The number of hydrogen-bond acceptors (Lipinski definition) is 6. The van der Waals surface area contributed by atoms with Crippen molar-refractivity contribution in [3.05, 3.63) is 90.4 Å². The van der Waals surface area contributed by atoms with Crippen LogP contribution in [0.4, 0.5) is 5.69 Å². The summed E-state index contributed by atoms with van der Waals surface area (Å²) in [5.41, 5.74) is 9.23. The van der Waals surface area contributed by atoms with E-state index in [0.29, 0.717) is 0 Å². The van der Waals surface area contributed by atoms with Crippen LogP contribution in [0.3, 0.4) is 0 Å². The monoisotopic (exact) mass is 514 g/mol. The van der Waals surface area contributed by atoms with Gasteiger partial charge in [0.2, 0.25) is 0 Å². The second-order valence-electron chi connectivity index (χ2n) is 10.3. The fourth-order valence-electron chi connectivity index (χ4n) is 5.38. The zero-order valence-electron chi connectivity index (χ0n) is 21.9. The van der Waals surface area contributed by atoms with Gasteiger partial charge in [0.1, 0.15) is 11.2 Å². The lowest BCUT2D eigenvalue weighted by molar-refractivity contribution is 0.313. The van der Waals surface area contributed by atoms with Crippen molar-refractivity contribution in [1.82, 2.24) is 35.0 Å². The Kier molecular flexibility index (Phi) is 6.01. The highest BCUT2D eigenvalue weighted by Gasteiger charge is 2.20. The fourth-order valence-corrected chi connectivity index (χ4v) is 5.38. The van der Waals surface area contributed by atoms with Gasteiger partial charge in [-0.2, -0.15) is 5.10 Å². The molecule has 1 fully saturated rings. The van der Waals surface area contributed by atoms with Gasteiger partial charge >= 0.3 is 0 Å². The lowest BCUT2D eigenvalue weighted by atomic mass is 10.0. The third-order valence-corrected chi connectivity index (χ3v) is 7.64. The second-order valence-corrected chi connectivity index (χ2v) is 10.3. The molecule has 2 aromatic carbocycles. The molecule has 0 spiro atoms. The van der Waals surface area contributed by atoms with Gasteiger partial charge in [-0.05, 0) is 55.3 Å². The maximum atomic E-state index is 5.04. The van der Waals surface area contributed by atoms with E-state index in [4.69, 9.17) is 9.97 Å². The molecule has 194 valence electrons. The summed E-state index contributed by atoms with van der Waals surface area (Å²) in [6, 6.07) is 21.2. The Morgan fingerprint density at radius 1 is 0.821 bits per heavy atom. The maximum absolute atomic E-state index is 5.04. The van der Waals surface area contributed by atoms with Crippen LogP contribution in [0, 0.1) is 0 Å². The van der Waals surface area contributed by atoms with Crippen LogP contribution in [0.2, 0.25) is 0 Å². The first-order valence-corrected chi connectivity index (χ1v) is 13.5. The highest BCUT2D eigenvalue weighted by Crippen LogP contribution is 2.32. The van der Waals surface area contributed by atoms with Crippen molar-refractivity contribution in [3.8, 4) is 22.8 Å². The van der Waals surface area contributed by atoms with Gasteiger partial charge in [0.05, 0.1) is 28.6 Å². The molecule has 0 bridgehead atoms. The number of para-hydroxylation sites is 1. The molecule has 0 saturated carbocycles. The molecular weight excluding hydrogens is 484 g/mol. The molecule has 1 saturated heterocycles. The van der Waals surface area contributed by atoms with Crippen LogP contribution in [-0.2, 0) is 12.8 Å². The maximum Gasteiger partial charge on any atom is 0.159 e. The van der Waals surface area contributed by atoms with Gasteiger partial charge in [-0.25, -0.2) is 4.98 Å². The summed E-state index contributed by atoms with van der Waals surface area (Å²) in [7, 11) is 2.17. The van der Waals surface area contributed by atoms with E-state index in [1.807, 2.05) is 18.6 Å². The van der Waals surface area contributed by atoms with E-state index in [0.717, 1.165) is 83.7 Å². The summed E-state index contributed by atoms with van der Waals surface area (Å²) in [5, 5.41) is 8.75. The molecular formula is C31H30N8. The van der Waals surface area contributed by atoms with Crippen LogP contribution >= 0.6 is 0 Å². The molecule has 0 unspecified atom stereocenters. The van der Waals surface area contributed by atoms with Crippen molar-refractivity contribution in [3.63, 3.8) is 0 Å². The Morgan fingerprint density at radius 2 is 1.67 bits per heavy atom. The van der Waals surface area contributed by atoms with Crippen LogP contribution in [-0.4, -0.2) is 68.3 Å². The van der Waals surface area contributed by atoms with Crippen LogP contribution in [0.5, 0.6) is 0 Å². The van der Waals surface area contributed by atoms with Crippen molar-refractivity contribution < 1.29 is 0 Å². The predicted octanol–water partition coefficient (Wildman–Crippen LogP) is 5.10. The summed E-state index contributed by atoms with van der Waals surface area (Å²) in [6.45, 7) is 4.10. The predicted molar refractivity (Wildman–Crippen MR) is 156 cm³/mol. The van der Waals surface area contributed by atoms with Gasteiger partial charge < -0.3 is 14.8 Å². The molecule has 0 aliphatic carbocycles. The minimum atomic E-state index is 0.754. The fraction of sp³-hybridized carbons (Fsp3) is 0.226. The number of nitrogens with one attached hydrogen (secondary N) is 2. The van der Waals surface area contributed by atoms with Crippen LogP contribution in [0.1, 0.15) is 11.1 Å². The largest absolute Gasteiger partial charge is 0.367 e. The van der Waals surface area contributed by atoms with E-state index in [1.54, 1.807) is 0 Å². The molecule has 0 atom stereocenters. The number of hydrogen-bond donors (Lipinski definition) is 2. The highest BCUT2D eigenvalue weighted by molar-refractivity contribution is 5.96. The van der Waals surface area contributed by atoms with E-state index in [-0.39, 0.29) is 0 Å². The third kappa shape index (κ3) is 4.64. The number of aryl methyl sites for hydroxylation is 2. The van der Waals surface area contributed by atoms with Crippen molar-refractivity contribution in [2.24, 2.45) is 0 Å². The Morgan fingerprint density at radius 3 is 2.54 bits per heavy atom. The molecule has 1 aliphatic rings. The van der Waals surface area contributed by atoms with E-state index in [2.05, 4.69) is 97.7 Å². The van der Waals surface area contributed by atoms with Gasteiger partial charge in [-0.1, -0.05) is 36.4 Å². The number of likely N-dealkylation sites (N-methyl/N-ethyl adjacent to an activating group) is 1. The first kappa shape index (κ1) is 23.5. The van der Waals surface area contributed by atoms with Crippen LogP contribution in [0.25, 0.3) is 44.7 Å². The zero-order chi connectivity index (χ0) is 26.2. The minimum Gasteiger partial charge on any atom is -0.367 e. The van der Waals surface area contributed by atoms with Gasteiger partial charge in [-0.3, -0.25) is 15.1 Å². The number of rotatable bonds is 6. The van der Waals surface area contributed by atoms with Crippen molar-refractivity contribution in [2.75, 3.05) is 38.1 Å². The lowest BCUT2D eigenvalue weighted by Gasteiger charge is -2.34. The van der Waals surface area contributed by atoms with Crippen molar-refractivity contribution in [2.45, 2.75) is 12.8 Å². The topological polar surface area (TPSA) is 89.6 Å². The SMILES string of the molecule is CN1CCN(c2cccc3[nH]c(-c4n[nH]c5cnc(-c6cncc(CCc7ccccc7)c6)cc45)nc23)CC1. The molecule has 0 radical (unpaired) electrons. The van der Waals surface area contributed by atoms with E-state index in [9.17, 15) is 0 Å². The number of aromatic nitrogens is 6. The number of pyridine rings is 2. The Hall–Kier alpha value is -4.56. The number of anilines is 1. The third-order valence-electron chi connectivity index (χ3n) is 7.64. The summed E-state index contributed by atoms with van der Waals surface area (Å²) >= 11 is 0. The zero-order valence-corrected chi connectivity index (χ0v) is 21.9. The quantitative estimate of drug-likeness (QED) is 0.321. The number of aromatic amines is 2. The molecule has 4 aromatic heterocycles. The standard InChI is InChI=1S/C31H30N8/c1-38-12-14-39(15-13-38)28-9-5-8-25-30(28)35-31(34-25)29-24-17-26(33-20-27(24)36-37-29)23-16-22(18-32-19-23)11-10-21-6-3-2-4-7-21/h2-9,16-20H,10-15H2,1H3,(H,34,35)(H,36,37). The highest BCUT2D eigenvalue weighted by atomic mass is 15.3. The molecule has 39 heavy (non-hydrogen) atoms. The molecule has 0 amide bonds. The molecule has 1 aliphatic heterocycles. The van der Waals surface area contributed by atoms with Gasteiger partial charge in [0, 0.05) is 49.5 Å². The van der Waals surface area contributed by atoms with E-state index in [1.165, 1.54) is 16.8 Å². The molecule has 8 nitrogen and oxygen atoms in total. The Bertz CT molecular complexity index is 1750. The number of H-pyrrole nitrogens is 2. The Labute approximate surface area is 226 Å². The van der Waals surface area contributed by atoms with E-state index >= 15 is 0 Å². The van der Waals surface area contributed by atoms with Gasteiger partial charge in [0.15, 0.2) is 5.82 Å². The molecule has 8 heteroatoms. The number of nitrogens with zero attached hydrogens (tertiary/aromatic N) is 6. The Balaban J connectivity index is 1.20. The summed E-state index contributed by atoms with van der Waals surface area (Å²) in [6.07, 6.45) is 7.57. The first-order valence-electron chi connectivity index (χ1n) is 13.5. The van der Waals surface area contributed by atoms with Crippen molar-refractivity contribution in [1.29, 1.82) is 0 Å². The average molecular weight is 515 g/mol. The molecule has 5 heterocycles. The lowest BCUT2D eigenvalue weighted by Crippen LogP contribution is -2.44. The van der Waals surface area contributed by atoms with Crippen molar-refractivity contribution >= 4 is 27.6 Å². The normalized spacial score (nSPS) is 14.4. The number of benzene rings is 2. The summed E-state index contributed by atoms with van der Waals surface area (Å²) in [5.74, 6) is 0.754. The second kappa shape index (κ2) is 9.96. The molecule has 2 N–H and O–H groups in total. The number of piperazine rings is 1. The van der Waals surface area contributed by atoms with E-state index < -0.39 is 0 Å².